The fraction of sp³-hybridized carbons (Fsp3) is 0.800. The molecule has 0 spiro atoms. The van der Waals surface area contributed by atoms with Crippen LogP contribution >= 0.6 is 0 Å². The zero-order valence-electron chi connectivity index (χ0n) is 12.3. The third kappa shape index (κ3) is 3.42. The second kappa shape index (κ2) is 6.12. The lowest BCUT2D eigenvalue weighted by Gasteiger charge is -2.46. The topological polar surface area (TPSA) is 57.5 Å². The highest BCUT2D eigenvalue weighted by Crippen LogP contribution is 2.37. The molecule has 0 aromatic carbocycles. The van der Waals surface area contributed by atoms with Crippen LogP contribution in [0.3, 0.4) is 0 Å². The van der Waals surface area contributed by atoms with E-state index in [4.69, 9.17) is 11.2 Å². The highest BCUT2D eigenvalue weighted by molar-refractivity contribution is 5.77. The predicted molar refractivity (Wildman–Crippen MR) is 77.6 cm³/mol. The summed E-state index contributed by atoms with van der Waals surface area (Å²) in [6, 6.07) is 0.517. The number of morpholine rings is 1. The SMILES string of the molecule is C#CCCC1(CCC(=O)N2CC(N3CCOCC3)C2)N=N1. The van der Waals surface area contributed by atoms with Crippen LogP contribution in [0.4, 0.5) is 0 Å². The standard InChI is InChI=1S/C15H22N4O2/c1-2-3-5-15(16-17-15)6-4-14(20)19-11-13(12-19)18-7-9-21-10-8-18/h1,13H,3-12H2. The normalized spacial score (nSPS) is 24.4. The molecule has 3 aliphatic heterocycles. The Hall–Kier alpha value is -1.45. The van der Waals surface area contributed by atoms with E-state index in [1.807, 2.05) is 4.90 Å². The Labute approximate surface area is 125 Å². The molecule has 3 heterocycles. The van der Waals surface area contributed by atoms with Gasteiger partial charge in [-0.05, 0) is 0 Å². The van der Waals surface area contributed by atoms with Crippen LogP contribution < -0.4 is 0 Å². The smallest absolute Gasteiger partial charge is 0.222 e. The monoisotopic (exact) mass is 290 g/mol. The summed E-state index contributed by atoms with van der Waals surface area (Å²) in [7, 11) is 0. The summed E-state index contributed by atoms with van der Waals surface area (Å²) in [5.41, 5.74) is -0.337. The molecule has 0 aliphatic carbocycles. The van der Waals surface area contributed by atoms with Crippen LogP contribution in [0, 0.1) is 12.3 Å². The molecule has 3 aliphatic rings. The molecule has 0 unspecified atom stereocenters. The molecule has 21 heavy (non-hydrogen) atoms. The molecule has 3 rings (SSSR count). The van der Waals surface area contributed by atoms with Crippen molar-refractivity contribution in [3.05, 3.63) is 0 Å². The minimum Gasteiger partial charge on any atom is -0.379 e. The van der Waals surface area contributed by atoms with Gasteiger partial charge in [0.15, 0.2) is 5.66 Å². The molecule has 2 saturated heterocycles. The number of carbonyl (C=O) groups is 1. The molecular formula is C15H22N4O2. The van der Waals surface area contributed by atoms with Gasteiger partial charge in [0.05, 0.1) is 13.2 Å². The van der Waals surface area contributed by atoms with Gasteiger partial charge >= 0.3 is 0 Å². The van der Waals surface area contributed by atoms with Crippen LogP contribution in [-0.4, -0.2) is 66.8 Å². The molecular weight excluding hydrogens is 268 g/mol. The first-order valence-corrected chi connectivity index (χ1v) is 7.69. The van der Waals surface area contributed by atoms with E-state index in [1.165, 1.54) is 0 Å². The van der Waals surface area contributed by atoms with Gasteiger partial charge in [-0.2, -0.15) is 10.2 Å². The van der Waals surface area contributed by atoms with Crippen LogP contribution in [0.25, 0.3) is 0 Å². The van der Waals surface area contributed by atoms with E-state index >= 15 is 0 Å². The van der Waals surface area contributed by atoms with Crippen molar-refractivity contribution in [3.8, 4) is 12.3 Å². The summed E-state index contributed by atoms with van der Waals surface area (Å²) < 4.78 is 5.35. The van der Waals surface area contributed by atoms with Crippen molar-refractivity contribution in [1.82, 2.24) is 9.80 Å². The number of hydrogen-bond donors (Lipinski definition) is 0. The lowest BCUT2D eigenvalue weighted by atomic mass is 10.00. The van der Waals surface area contributed by atoms with E-state index in [2.05, 4.69) is 21.0 Å². The van der Waals surface area contributed by atoms with Gasteiger partial charge in [-0.15, -0.1) is 12.3 Å². The molecule has 0 aromatic rings. The summed E-state index contributed by atoms with van der Waals surface area (Å²) in [4.78, 5) is 16.5. The fourth-order valence-electron chi connectivity index (χ4n) is 2.97. The average Bonchev–Trinajstić information content (AvgIpc) is 3.23. The molecule has 6 heteroatoms. The van der Waals surface area contributed by atoms with Gasteiger partial charge in [0.25, 0.3) is 0 Å². The molecule has 0 N–H and O–H groups in total. The van der Waals surface area contributed by atoms with Crippen LogP contribution in [0.1, 0.15) is 25.7 Å². The van der Waals surface area contributed by atoms with Crippen molar-refractivity contribution < 1.29 is 9.53 Å². The fourth-order valence-corrected chi connectivity index (χ4v) is 2.97. The van der Waals surface area contributed by atoms with Gasteiger partial charge in [0.2, 0.25) is 5.91 Å². The summed E-state index contributed by atoms with van der Waals surface area (Å²) in [5.74, 6) is 2.83. The van der Waals surface area contributed by atoms with Gasteiger partial charge < -0.3 is 9.64 Å². The average molecular weight is 290 g/mol. The number of ether oxygens (including phenoxy) is 1. The summed E-state index contributed by atoms with van der Waals surface area (Å²) >= 11 is 0. The largest absolute Gasteiger partial charge is 0.379 e. The molecule has 0 radical (unpaired) electrons. The molecule has 6 nitrogen and oxygen atoms in total. The number of rotatable bonds is 6. The third-order valence-electron chi connectivity index (χ3n) is 4.57. The van der Waals surface area contributed by atoms with E-state index in [0.717, 1.165) is 45.8 Å². The minimum absolute atomic E-state index is 0.219. The van der Waals surface area contributed by atoms with Gasteiger partial charge in [0, 0.05) is 57.9 Å². The number of hydrogen-bond acceptors (Lipinski definition) is 5. The first kappa shape index (κ1) is 14.5. The Morgan fingerprint density at radius 3 is 2.62 bits per heavy atom. The highest BCUT2D eigenvalue weighted by Gasteiger charge is 2.41. The van der Waals surface area contributed by atoms with Crippen molar-refractivity contribution >= 4 is 5.91 Å². The second-order valence-electron chi connectivity index (χ2n) is 5.99. The number of nitrogens with zero attached hydrogens (tertiary/aromatic N) is 4. The van der Waals surface area contributed by atoms with E-state index in [0.29, 0.717) is 25.3 Å². The Morgan fingerprint density at radius 1 is 1.29 bits per heavy atom. The van der Waals surface area contributed by atoms with E-state index in [1.54, 1.807) is 0 Å². The summed E-state index contributed by atoms with van der Waals surface area (Å²) in [5, 5.41) is 8.14. The summed E-state index contributed by atoms with van der Waals surface area (Å²) in [6.45, 7) is 5.30. The Bertz CT molecular complexity index is 453. The second-order valence-corrected chi connectivity index (χ2v) is 5.99. The van der Waals surface area contributed by atoms with Crippen molar-refractivity contribution in [2.45, 2.75) is 37.4 Å². The van der Waals surface area contributed by atoms with Gasteiger partial charge in [-0.3, -0.25) is 9.69 Å². The Morgan fingerprint density at radius 2 is 2.00 bits per heavy atom. The first-order valence-electron chi connectivity index (χ1n) is 7.69. The quantitative estimate of drug-likeness (QED) is 0.683. The molecule has 1 amide bonds. The zero-order valence-corrected chi connectivity index (χ0v) is 12.3. The van der Waals surface area contributed by atoms with Crippen molar-refractivity contribution in [2.75, 3.05) is 39.4 Å². The van der Waals surface area contributed by atoms with Crippen molar-refractivity contribution in [3.63, 3.8) is 0 Å². The van der Waals surface area contributed by atoms with Crippen molar-refractivity contribution in [2.24, 2.45) is 10.2 Å². The zero-order chi connectivity index (χ0) is 14.7. The number of likely N-dealkylation sites (tertiary alicyclic amines) is 1. The highest BCUT2D eigenvalue weighted by atomic mass is 16.5. The summed E-state index contributed by atoms with van der Waals surface area (Å²) in [6.07, 6.45) is 7.93. The maximum atomic E-state index is 12.2. The van der Waals surface area contributed by atoms with Crippen LogP contribution in [0.2, 0.25) is 0 Å². The van der Waals surface area contributed by atoms with E-state index in [9.17, 15) is 4.79 Å². The van der Waals surface area contributed by atoms with Crippen LogP contribution in [0.15, 0.2) is 10.2 Å². The van der Waals surface area contributed by atoms with Gasteiger partial charge in [-0.25, -0.2) is 0 Å². The lowest BCUT2D eigenvalue weighted by Crippen LogP contribution is -2.62. The molecule has 2 fully saturated rings. The minimum atomic E-state index is -0.337. The molecule has 0 aromatic heterocycles. The molecule has 114 valence electrons. The molecule has 0 bridgehead atoms. The number of amides is 1. The van der Waals surface area contributed by atoms with Crippen LogP contribution in [0.5, 0.6) is 0 Å². The number of carbonyl (C=O) groups excluding carboxylic acids is 1. The van der Waals surface area contributed by atoms with Crippen LogP contribution in [-0.2, 0) is 9.53 Å². The molecule has 0 atom stereocenters. The third-order valence-corrected chi connectivity index (χ3v) is 4.57. The van der Waals surface area contributed by atoms with Gasteiger partial charge in [0.1, 0.15) is 0 Å². The van der Waals surface area contributed by atoms with E-state index in [-0.39, 0.29) is 11.6 Å². The molecule has 0 saturated carbocycles. The maximum absolute atomic E-state index is 12.2. The Kier molecular flexibility index (Phi) is 4.22. The maximum Gasteiger partial charge on any atom is 0.222 e. The first-order chi connectivity index (χ1) is 10.2. The Balaban J connectivity index is 1.35. The van der Waals surface area contributed by atoms with Crippen molar-refractivity contribution in [1.29, 1.82) is 0 Å². The van der Waals surface area contributed by atoms with E-state index < -0.39 is 0 Å². The number of terminal acetylenes is 1. The predicted octanol–water partition coefficient (Wildman–Crippen LogP) is 0.885. The van der Waals surface area contributed by atoms with Gasteiger partial charge in [-0.1, -0.05) is 0 Å². The lowest BCUT2D eigenvalue weighted by molar-refractivity contribution is -0.140.